The number of nitrogens with zero attached hydrogens (tertiary/aromatic N) is 1. The summed E-state index contributed by atoms with van der Waals surface area (Å²) in [6.07, 6.45) is 2.56. The molecule has 1 aromatic carbocycles. The average molecular weight is 246 g/mol. The molecule has 0 radical (unpaired) electrons. The average Bonchev–Trinajstić information content (AvgIpc) is 2.67. The largest absolute Gasteiger partial charge is 0.295 e. The molecule has 84 valence electrons. The van der Waals surface area contributed by atoms with Gasteiger partial charge in [-0.15, -0.1) is 24.0 Å². The summed E-state index contributed by atoms with van der Waals surface area (Å²) in [5.41, 5.74) is 1.39. The van der Waals surface area contributed by atoms with Crippen LogP contribution in [0.2, 0.25) is 0 Å². The molecular formula is C12H17Cl2N. The highest BCUT2D eigenvalue weighted by Gasteiger charge is 2.22. The van der Waals surface area contributed by atoms with Crippen LogP contribution in [-0.4, -0.2) is 23.4 Å². The minimum atomic E-state index is 0. The molecule has 1 aliphatic heterocycles. The Morgan fingerprint density at radius 1 is 1.27 bits per heavy atom. The van der Waals surface area contributed by atoms with Gasteiger partial charge in [-0.2, -0.15) is 0 Å². The van der Waals surface area contributed by atoms with Gasteiger partial charge in [-0.3, -0.25) is 4.90 Å². The summed E-state index contributed by atoms with van der Waals surface area (Å²) in [4.78, 5) is 2.49. The van der Waals surface area contributed by atoms with Crippen molar-refractivity contribution in [3.63, 3.8) is 0 Å². The highest BCUT2D eigenvalue weighted by molar-refractivity contribution is 6.18. The molecule has 1 atom stereocenters. The van der Waals surface area contributed by atoms with Gasteiger partial charge in [0.15, 0.2) is 0 Å². The fourth-order valence-corrected chi connectivity index (χ4v) is 2.45. The van der Waals surface area contributed by atoms with Crippen molar-refractivity contribution >= 4 is 24.0 Å². The molecule has 0 saturated carbocycles. The van der Waals surface area contributed by atoms with Crippen LogP contribution in [0.5, 0.6) is 0 Å². The van der Waals surface area contributed by atoms with Crippen molar-refractivity contribution in [2.45, 2.75) is 25.4 Å². The van der Waals surface area contributed by atoms with Gasteiger partial charge in [0.25, 0.3) is 0 Å². The third-order valence-electron chi connectivity index (χ3n) is 2.91. The maximum atomic E-state index is 5.93. The van der Waals surface area contributed by atoms with Gasteiger partial charge < -0.3 is 0 Å². The molecule has 2 rings (SSSR count). The van der Waals surface area contributed by atoms with E-state index in [-0.39, 0.29) is 12.4 Å². The summed E-state index contributed by atoms with van der Waals surface area (Å²) in [6.45, 7) is 2.25. The Hall–Kier alpha value is -0.240. The normalized spacial score (nSPS) is 21.3. The summed E-state index contributed by atoms with van der Waals surface area (Å²) in [6, 6.07) is 11.2. The van der Waals surface area contributed by atoms with Crippen LogP contribution in [-0.2, 0) is 6.54 Å². The van der Waals surface area contributed by atoms with Gasteiger partial charge in [0.1, 0.15) is 0 Å². The van der Waals surface area contributed by atoms with Crippen LogP contribution < -0.4 is 0 Å². The smallest absolute Gasteiger partial charge is 0.0379 e. The zero-order valence-corrected chi connectivity index (χ0v) is 10.3. The van der Waals surface area contributed by atoms with Crippen molar-refractivity contribution in [2.75, 3.05) is 12.4 Å². The van der Waals surface area contributed by atoms with Crippen molar-refractivity contribution in [3.8, 4) is 0 Å². The number of halogens is 2. The molecule has 0 spiro atoms. The van der Waals surface area contributed by atoms with Gasteiger partial charge in [-0.25, -0.2) is 0 Å². The Bertz CT molecular complexity index is 276. The Morgan fingerprint density at radius 3 is 2.67 bits per heavy atom. The molecule has 3 heteroatoms. The zero-order chi connectivity index (χ0) is 9.80. The first kappa shape index (κ1) is 12.8. The monoisotopic (exact) mass is 245 g/mol. The molecular weight excluding hydrogens is 229 g/mol. The number of likely N-dealkylation sites (tertiary alicyclic amines) is 1. The molecule has 0 aromatic heterocycles. The first-order valence-electron chi connectivity index (χ1n) is 5.24. The SMILES string of the molecule is Cl.ClC[C@@H]1CCCN1Cc1ccccc1. The van der Waals surface area contributed by atoms with Crippen molar-refractivity contribution in [1.29, 1.82) is 0 Å². The minimum absolute atomic E-state index is 0. The third-order valence-corrected chi connectivity index (χ3v) is 3.26. The molecule has 1 heterocycles. The van der Waals surface area contributed by atoms with Crippen LogP contribution in [0.1, 0.15) is 18.4 Å². The summed E-state index contributed by atoms with van der Waals surface area (Å²) >= 11 is 5.93. The number of hydrogen-bond donors (Lipinski definition) is 0. The van der Waals surface area contributed by atoms with E-state index in [9.17, 15) is 0 Å². The van der Waals surface area contributed by atoms with Crippen molar-refractivity contribution < 1.29 is 0 Å². The molecule has 0 amide bonds. The van der Waals surface area contributed by atoms with Crippen LogP contribution in [0.25, 0.3) is 0 Å². The molecule has 0 N–H and O–H groups in total. The van der Waals surface area contributed by atoms with Crippen molar-refractivity contribution in [1.82, 2.24) is 4.90 Å². The van der Waals surface area contributed by atoms with E-state index >= 15 is 0 Å². The third kappa shape index (κ3) is 3.37. The van der Waals surface area contributed by atoms with Crippen LogP contribution in [0.3, 0.4) is 0 Å². The van der Waals surface area contributed by atoms with Crippen LogP contribution >= 0.6 is 24.0 Å². The summed E-state index contributed by atoms with van der Waals surface area (Å²) in [5, 5.41) is 0. The number of benzene rings is 1. The lowest BCUT2D eigenvalue weighted by atomic mass is 10.2. The predicted octanol–water partition coefficient (Wildman–Crippen LogP) is 3.31. The second-order valence-electron chi connectivity index (χ2n) is 3.91. The molecule has 1 saturated heterocycles. The molecule has 15 heavy (non-hydrogen) atoms. The number of hydrogen-bond acceptors (Lipinski definition) is 1. The lowest BCUT2D eigenvalue weighted by molar-refractivity contribution is 0.263. The maximum Gasteiger partial charge on any atom is 0.0379 e. The molecule has 0 unspecified atom stereocenters. The van der Waals surface area contributed by atoms with E-state index in [4.69, 9.17) is 11.6 Å². The molecule has 0 aliphatic carbocycles. The van der Waals surface area contributed by atoms with Gasteiger partial charge in [0.05, 0.1) is 0 Å². The predicted molar refractivity (Wildman–Crippen MR) is 67.8 cm³/mol. The number of alkyl halides is 1. The standard InChI is InChI=1S/C12H16ClN.ClH/c13-9-12-7-4-8-14(12)10-11-5-2-1-3-6-11;/h1-3,5-6,12H,4,7-10H2;1H/t12-;/m0./s1. The molecule has 1 aromatic rings. The second-order valence-corrected chi connectivity index (χ2v) is 4.22. The van der Waals surface area contributed by atoms with E-state index in [0.29, 0.717) is 6.04 Å². The summed E-state index contributed by atoms with van der Waals surface area (Å²) in [7, 11) is 0. The lowest BCUT2D eigenvalue weighted by Gasteiger charge is -2.22. The Kier molecular flexibility index (Phi) is 5.44. The fourth-order valence-electron chi connectivity index (χ4n) is 2.10. The van der Waals surface area contributed by atoms with E-state index in [2.05, 4.69) is 35.2 Å². The highest BCUT2D eigenvalue weighted by Crippen LogP contribution is 2.20. The Labute approximate surface area is 103 Å². The Morgan fingerprint density at radius 2 is 2.00 bits per heavy atom. The number of rotatable bonds is 3. The summed E-state index contributed by atoms with van der Waals surface area (Å²) < 4.78 is 0. The van der Waals surface area contributed by atoms with Gasteiger partial charge in [-0.1, -0.05) is 30.3 Å². The second kappa shape index (κ2) is 6.37. The van der Waals surface area contributed by atoms with E-state index < -0.39 is 0 Å². The van der Waals surface area contributed by atoms with Crippen molar-refractivity contribution in [3.05, 3.63) is 35.9 Å². The van der Waals surface area contributed by atoms with E-state index in [1.807, 2.05) is 0 Å². The molecule has 0 bridgehead atoms. The van der Waals surface area contributed by atoms with E-state index in [1.165, 1.54) is 24.9 Å². The highest BCUT2D eigenvalue weighted by atomic mass is 35.5. The van der Waals surface area contributed by atoms with Gasteiger partial charge in [-0.05, 0) is 24.9 Å². The lowest BCUT2D eigenvalue weighted by Crippen LogP contribution is -2.30. The quantitative estimate of drug-likeness (QED) is 0.739. The Balaban J connectivity index is 0.00000112. The van der Waals surface area contributed by atoms with Gasteiger partial charge in [0.2, 0.25) is 0 Å². The molecule has 1 nitrogen and oxygen atoms in total. The molecule has 1 fully saturated rings. The zero-order valence-electron chi connectivity index (χ0n) is 8.73. The maximum absolute atomic E-state index is 5.93. The first-order valence-corrected chi connectivity index (χ1v) is 5.77. The van der Waals surface area contributed by atoms with Crippen LogP contribution in [0.15, 0.2) is 30.3 Å². The van der Waals surface area contributed by atoms with E-state index in [1.54, 1.807) is 0 Å². The van der Waals surface area contributed by atoms with Gasteiger partial charge >= 0.3 is 0 Å². The van der Waals surface area contributed by atoms with Crippen LogP contribution in [0.4, 0.5) is 0 Å². The minimum Gasteiger partial charge on any atom is -0.295 e. The topological polar surface area (TPSA) is 3.24 Å². The first-order chi connectivity index (χ1) is 6.90. The fraction of sp³-hybridized carbons (Fsp3) is 0.500. The van der Waals surface area contributed by atoms with Crippen LogP contribution in [0, 0.1) is 0 Å². The van der Waals surface area contributed by atoms with E-state index in [0.717, 1.165) is 12.4 Å². The summed E-state index contributed by atoms with van der Waals surface area (Å²) in [5.74, 6) is 0.771. The molecule has 1 aliphatic rings. The van der Waals surface area contributed by atoms with Gasteiger partial charge in [0, 0.05) is 18.5 Å². The van der Waals surface area contributed by atoms with Crippen molar-refractivity contribution in [2.24, 2.45) is 0 Å².